The summed E-state index contributed by atoms with van der Waals surface area (Å²) >= 11 is 0. The minimum absolute atomic E-state index is 0.125. The molecule has 0 aliphatic heterocycles. The monoisotopic (exact) mass is 222 g/mol. The Hall–Kier alpha value is -0.900. The van der Waals surface area contributed by atoms with E-state index in [0.717, 1.165) is 18.2 Å². The number of aromatic nitrogens is 3. The van der Waals surface area contributed by atoms with Gasteiger partial charge >= 0.3 is 0 Å². The van der Waals surface area contributed by atoms with Crippen molar-refractivity contribution in [3.8, 4) is 0 Å². The van der Waals surface area contributed by atoms with Crippen LogP contribution in [0.25, 0.3) is 0 Å². The predicted molar refractivity (Wildman–Crippen MR) is 64.2 cm³/mol. The van der Waals surface area contributed by atoms with Gasteiger partial charge in [0.25, 0.3) is 0 Å². The molecule has 0 saturated heterocycles. The Balaban J connectivity index is 1.91. The van der Waals surface area contributed by atoms with Gasteiger partial charge in [0.1, 0.15) is 5.82 Å². The average Bonchev–Trinajstić information content (AvgIpc) is 2.84. The smallest absolute Gasteiger partial charge is 0.153 e. The van der Waals surface area contributed by atoms with Crippen LogP contribution in [0.3, 0.4) is 0 Å². The van der Waals surface area contributed by atoms with E-state index in [1.54, 1.807) is 0 Å². The van der Waals surface area contributed by atoms with Gasteiger partial charge in [0.05, 0.1) is 6.54 Å². The van der Waals surface area contributed by atoms with Gasteiger partial charge in [-0.3, -0.25) is 5.10 Å². The molecule has 4 heteroatoms. The molecule has 0 aromatic carbocycles. The van der Waals surface area contributed by atoms with E-state index < -0.39 is 0 Å². The van der Waals surface area contributed by atoms with Crippen LogP contribution >= 0.6 is 0 Å². The molecule has 1 aromatic heterocycles. The van der Waals surface area contributed by atoms with Crippen LogP contribution in [-0.2, 0) is 6.54 Å². The van der Waals surface area contributed by atoms with Gasteiger partial charge in [0.2, 0.25) is 0 Å². The third-order valence-electron chi connectivity index (χ3n) is 3.06. The lowest BCUT2D eigenvalue weighted by Gasteiger charge is -2.19. The Bertz CT molecular complexity index is 331. The van der Waals surface area contributed by atoms with E-state index in [4.69, 9.17) is 0 Å². The lowest BCUT2D eigenvalue weighted by atomic mass is 10.1. The van der Waals surface area contributed by atoms with Crippen LogP contribution in [0.5, 0.6) is 0 Å². The van der Waals surface area contributed by atoms with Gasteiger partial charge in [-0.2, -0.15) is 5.10 Å². The minimum atomic E-state index is 0.125. The Kier molecular flexibility index (Phi) is 3.28. The molecule has 1 heterocycles. The van der Waals surface area contributed by atoms with E-state index in [1.165, 1.54) is 25.7 Å². The third kappa shape index (κ3) is 3.04. The summed E-state index contributed by atoms with van der Waals surface area (Å²) in [5.41, 5.74) is 0.125. The van der Waals surface area contributed by atoms with Crippen molar-refractivity contribution < 1.29 is 0 Å². The van der Waals surface area contributed by atoms with E-state index in [2.05, 4.69) is 41.3 Å². The second-order valence-electron chi connectivity index (χ2n) is 5.73. The highest BCUT2D eigenvalue weighted by atomic mass is 15.2. The van der Waals surface area contributed by atoms with E-state index in [-0.39, 0.29) is 5.54 Å². The molecule has 16 heavy (non-hydrogen) atoms. The highest BCUT2D eigenvalue weighted by molar-refractivity contribution is 5.00. The standard InChI is InChI=1S/C12H22N4/c1-12(2,3)13-8-10-14-11(16-15-10)9-6-4-5-7-9/h9,13H,4-8H2,1-3H3,(H,14,15,16). The van der Waals surface area contributed by atoms with Crippen LogP contribution in [0, 0.1) is 0 Å². The number of rotatable bonds is 3. The number of H-pyrrole nitrogens is 1. The summed E-state index contributed by atoms with van der Waals surface area (Å²) in [6.45, 7) is 7.23. The van der Waals surface area contributed by atoms with Gasteiger partial charge in [-0.15, -0.1) is 0 Å². The predicted octanol–water partition coefficient (Wildman–Crippen LogP) is 2.35. The highest BCUT2D eigenvalue weighted by Crippen LogP contribution is 2.31. The van der Waals surface area contributed by atoms with Gasteiger partial charge in [0.15, 0.2) is 5.82 Å². The maximum absolute atomic E-state index is 4.57. The number of nitrogens with zero attached hydrogens (tertiary/aromatic N) is 2. The van der Waals surface area contributed by atoms with Gasteiger partial charge in [-0.1, -0.05) is 12.8 Å². The summed E-state index contributed by atoms with van der Waals surface area (Å²) in [6, 6.07) is 0. The molecule has 0 atom stereocenters. The molecule has 0 bridgehead atoms. The van der Waals surface area contributed by atoms with Crippen LogP contribution in [0.15, 0.2) is 0 Å². The van der Waals surface area contributed by atoms with Crippen molar-refractivity contribution in [3.63, 3.8) is 0 Å². The van der Waals surface area contributed by atoms with Gasteiger partial charge < -0.3 is 5.32 Å². The van der Waals surface area contributed by atoms with Crippen molar-refractivity contribution in [2.24, 2.45) is 0 Å². The first kappa shape index (κ1) is 11.6. The van der Waals surface area contributed by atoms with Crippen molar-refractivity contribution in [1.29, 1.82) is 0 Å². The molecule has 0 unspecified atom stereocenters. The fourth-order valence-electron chi connectivity index (χ4n) is 2.10. The Morgan fingerprint density at radius 1 is 1.31 bits per heavy atom. The van der Waals surface area contributed by atoms with Gasteiger partial charge in [-0.05, 0) is 33.6 Å². The lowest BCUT2D eigenvalue weighted by Crippen LogP contribution is -2.35. The molecule has 1 aliphatic carbocycles. The fraction of sp³-hybridized carbons (Fsp3) is 0.833. The summed E-state index contributed by atoms with van der Waals surface area (Å²) in [7, 11) is 0. The molecular weight excluding hydrogens is 200 g/mol. The Morgan fingerprint density at radius 2 is 2.00 bits per heavy atom. The van der Waals surface area contributed by atoms with Gasteiger partial charge in [-0.25, -0.2) is 4.98 Å². The summed E-state index contributed by atoms with van der Waals surface area (Å²) in [5, 5.41) is 10.8. The van der Waals surface area contributed by atoms with Crippen molar-refractivity contribution in [2.45, 2.75) is 64.5 Å². The molecule has 1 fully saturated rings. The third-order valence-corrected chi connectivity index (χ3v) is 3.06. The van der Waals surface area contributed by atoms with Crippen molar-refractivity contribution in [3.05, 3.63) is 11.6 Å². The Morgan fingerprint density at radius 3 is 2.62 bits per heavy atom. The highest BCUT2D eigenvalue weighted by Gasteiger charge is 2.21. The second kappa shape index (κ2) is 4.53. The minimum Gasteiger partial charge on any atom is -0.305 e. The first-order chi connectivity index (χ1) is 7.54. The summed E-state index contributed by atoms with van der Waals surface area (Å²) in [5.74, 6) is 2.57. The van der Waals surface area contributed by atoms with Crippen LogP contribution in [0.2, 0.25) is 0 Å². The summed E-state index contributed by atoms with van der Waals surface area (Å²) in [6.07, 6.45) is 5.16. The van der Waals surface area contributed by atoms with Crippen LogP contribution in [0.1, 0.15) is 64.0 Å². The molecular formula is C12H22N4. The largest absolute Gasteiger partial charge is 0.305 e. The van der Waals surface area contributed by atoms with E-state index in [1.807, 2.05) is 0 Å². The van der Waals surface area contributed by atoms with Crippen molar-refractivity contribution in [1.82, 2.24) is 20.5 Å². The number of nitrogens with one attached hydrogen (secondary N) is 2. The number of aromatic amines is 1. The van der Waals surface area contributed by atoms with Crippen LogP contribution in [-0.4, -0.2) is 20.7 Å². The molecule has 1 aromatic rings. The van der Waals surface area contributed by atoms with E-state index in [0.29, 0.717) is 5.92 Å². The van der Waals surface area contributed by atoms with Gasteiger partial charge in [0, 0.05) is 11.5 Å². The average molecular weight is 222 g/mol. The lowest BCUT2D eigenvalue weighted by molar-refractivity contribution is 0.418. The zero-order valence-electron chi connectivity index (χ0n) is 10.5. The normalized spacial score (nSPS) is 18.2. The topological polar surface area (TPSA) is 53.6 Å². The fourth-order valence-corrected chi connectivity index (χ4v) is 2.10. The van der Waals surface area contributed by atoms with E-state index >= 15 is 0 Å². The molecule has 1 aliphatic rings. The maximum atomic E-state index is 4.57. The maximum Gasteiger partial charge on any atom is 0.153 e. The number of hydrogen-bond donors (Lipinski definition) is 2. The number of hydrogen-bond acceptors (Lipinski definition) is 3. The Labute approximate surface area is 97.2 Å². The quantitative estimate of drug-likeness (QED) is 0.825. The molecule has 0 radical (unpaired) electrons. The zero-order valence-corrected chi connectivity index (χ0v) is 10.5. The molecule has 90 valence electrons. The van der Waals surface area contributed by atoms with E-state index in [9.17, 15) is 0 Å². The molecule has 1 saturated carbocycles. The van der Waals surface area contributed by atoms with Crippen LogP contribution in [0.4, 0.5) is 0 Å². The SMILES string of the molecule is CC(C)(C)NCc1nc(C2CCCC2)n[nH]1. The second-order valence-corrected chi connectivity index (χ2v) is 5.73. The zero-order chi connectivity index (χ0) is 11.6. The first-order valence-corrected chi connectivity index (χ1v) is 6.21. The van der Waals surface area contributed by atoms with Crippen molar-refractivity contribution in [2.75, 3.05) is 0 Å². The summed E-state index contributed by atoms with van der Waals surface area (Å²) < 4.78 is 0. The molecule has 2 rings (SSSR count). The molecule has 0 spiro atoms. The summed E-state index contributed by atoms with van der Waals surface area (Å²) in [4.78, 5) is 4.57. The molecule has 0 amide bonds. The van der Waals surface area contributed by atoms with Crippen LogP contribution < -0.4 is 5.32 Å². The van der Waals surface area contributed by atoms with Crippen molar-refractivity contribution >= 4 is 0 Å². The molecule has 4 nitrogen and oxygen atoms in total. The first-order valence-electron chi connectivity index (χ1n) is 6.21. The molecule has 2 N–H and O–H groups in total.